The molecule has 0 radical (unpaired) electrons. The zero-order valence-electron chi connectivity index (χ0n) is 5.70. The highest BCUT2D eigenvalue weighted by molar-refractivity contribution is 7.80. The molecule has 1 atom stereocenters. The molecule has 0 aliphatic rings. The van der Waals surface area contributed by atoms with Crippen molar-refractivity contribution in [3.05, 3.63) is 0 Å². The fourth-order valence-electron chi connectivity index (χ4n) is 0.294. The van der Waals surface area contributed by atoms with Gasteiger partial charge in [-0.1, -0.05) is 0 Å². The summed E-state index contributed by atoms with van der Waals surface area (Å²) in [5.74, 6) is 0. The SMILES string of the molecule is CN(C)S(=O)N(C)C=O. The lowest BCUT2D eigenvalue weighted by molar-refractivity contribution is -0.113. The average Bonchev–Trinajstić information content (AvgIpc) is 1.84. The van der Waals surface area contributed by atoms with Gasteiger partial charge in [0.2, 0.25) is 6.41 Å². The normalized spacial score (nSPS) is 13.3. The largest absolute Gasteiger partial charge is 0.278 e. The number of carbonyl (C=O) groups is 1. The minimum Gasteiger partial charge on any atom is -0.278 e. The summed E-state index contributed by atoms with van der Waals surface area (Å²) >= 11 is -1.32. The van der Waals surface area contributed by atoms with E-state index >= 15 is 0 Å². The Kier molecular flexibility index (Phi) is 3.41. The topological polar surface area (TPSA) is 40.6 Å². The van der Waals surface area contributed by atoms with Gasteiger partial charge < -0.3 is 0 Å². The Morgan fingerprint density at radius 2 is 1.78 bits per heavy atom. The first-order valence-electron chi connectivity index (χ1n) is 2.37. The van der Waals surface area contributed by atoms with Crippen LogP contribution in [0.5, 0.6) is 0 Å². The molecule has 0 spiro atoms. The molecule has 0 aromatic carbocycles. The van der Waals surface area contributed by atoms with Gasteiger partial charge in [-0.15, -0.1) is 0 Å². The van der Waals surface area contributed by atoms with Crippen LogP contribution in [0, 0.1) is 0 Å². The van der Waals surface area contributed by atoms with Crippen LogP contribution in [-0.2, 0) is 16.0 Å². The number of carbonyl (C=O) groups excluding carboxylic acids is 1. The molecule has 5 heteroatoms. The summed E-state index contributed by atoms with van der Waals surface area (Å²) < 4.78 is 13.3. The molecule has 0 aliphatic heterocycles. The molecule has 0 aromatic heterocycles. The Morgan fingerprint density at radius 3 is 1.89 bits per heavy atom. The summed E-state index contributed by atoms with van der Waals surface area (Å²) in [6, 6.07) is 0. The van der Waals surface area contributed by atoms with E-state index in [0.29, 0.717) is 6.41 Å². The van der Waals surface area contributed by atoms with Crippen molar-refractivity contribution in [3.8, 4) is 0 Å². The summed E-state index contributed by atoms with van der Waals surface area (Å²) in [5.41, 5.74) is 0. The first kappa shape index (κ1) is 8.58. The zero-order chi connectivity index (χ0) is 7.44. The van der Waals surface area contributed by atoms with E-state index in [4.69, 9.17) is 0 Å². The van der Waals surface area contributed by atoms with Gasteiger partial charge in [0, 0.05) is 21.1 Å². The van der Waals surface area contributed by atoms with Gasteiger partial charge >= 0.3 is 0 Å². The molecule has 0 aliphatic carbocycles. The minimum atomic E-state index is -1.32. The third kappa shape index (κ3) is 2.57. The fraction of sp³-hybridized carbons (Fsp3) is 0.750. The van der Waals surface area contributed by atoms with Gasteiger partial charge in [-0.25, -0.2) is 8.51 Å². The molecule has 0 N–H and O–H groups in total. The summed E-state index contributed by atoms with van der Waals surface area (Å²) in [4.78, 5) is 9.96. The van der Waals surface area contributed by atoms with Crippen LogP contribution in [0.4, 0.5) is 0 Å². The fourth-order valence-corrected chi connectivity index (χ4v) is 0.883. The predicted molar refractivity (Wildman–Crippen MR) is 35.7 cm³/mol. The van der Waals surface area contributed by atoms with Crippen LogP contribution in [-0.4, -0.2) is 40.4 Å². The van der Waals surface area contributed by atoms with E-state index in [0.717, 1.165) is 4.31 Å². The predicted octanol–water partition coefficient (Wildman–Crippen LogP) is -0.785. The second-order valence-corrected chi connectivity index (χ2v) is 3.46. The van der Waals surface area contributed by atoms with Crippen molar-refractivity contribution < 1.29 is 9.00 Å². The van der Waals surface area contributed by atoms with E-state index in [1.165, 1.54) is 11.4 Å². The lowest BCUT2D eigenvalue weighted by Gasteiger charge is -2.14. The molecule has 1 unspecified atom stereocenters. The number of hydrogen-bond acceptors (Lipinski definition) is 2. The van der Waals surface area contributed by atoms with Crippen LogP contribution in [0.1, 0.15) is 0 Å². The van der Waals surface area contributed by atoms with Crippen molar-refractivity contribution in [1.29, 1.82) is 0 Å². The third-order valence-electron chi connectivity index (χ3n) is 0.707. The summed E-state index contributed by atoms with van der Waals surface area (Å²) in [6.45, 7) is 0. The maximum atomic E-state index is 10.8. The van der Waals surface area contributed by atoms with E-state index in [2.05, 4.69) is 0 Å². The lowest BCUT2D eigenvalue weighted by atomic mass is 11.2. The van der Waals surface area contributed by atoms with Crippen molar-refractivity contribution in [2.75, 3.05) is 21.1 Å². The molecular formula is C4H10N2O2S. The number of nitrogens with zero attached hydrogens (tertiary/aromatic N) is 2. The Balaban J connectivity index is 3.87. The van der Waals surface area contributed by atoms with Crippen LogP contribution >= 0.6 is 0 Å². The molecule has 0 saturated heterocycles. The third-order valence-corrected chi connectivity index (χ3v) is 1.91. The van der Waals surface area contributed by atoms with Gasteiger partial charge in [0.05, 0.1) is 0 Å². The molecule has 4 nitrogen and oxygen atoms in total. The average molecular weight is 150 g/mol. The second kappa shape index (κ2) is 3.58. The van der Waals surface area contributed by atoms with Gasteiger partial charge in [-0.2, -0.15) is 0 Å². The smallest absolute Gasteiger partial charge is 0.222 e. The standard InChI is InChI=1S/C4H10N2O2S/c1-5(2)9(8)6(3)4-7/h4H,1-3H3. The van der Waals surface area contributed by atoms with Crippen molar-refractivity contribution in [3.63, 3.8) is 0 Å². The lowest BCUT2D eigenvalue weighted by Crippen LogP contribution is -2.30. The van der Waals surface area contributed by atoms with Crippen LogP contribution < -0.4 is 0 Å². The van der Waals surface area contributed by atoms with E-state index in [-0.39, 0.29) is 0 Å². The molecule has 0 heterocycles. The van der Waals surface area contributed by atoms with Crippen molar-refractivity contribution in [1.82, 2.24) is 8.61 Å². The van der Waals surface area contributed by atoms with Crippen molar-refractivity contribution in [2.45, 2.75) is 0 Å². The van der Waals surface area contributed by atoms with E-state index in [1.807, 2.05) is 0 Å². The molecule has 0 rings (SSSR count). The zero-order valence-corrected chi connectivity index (χ0v) is 6.51. The van der Waals surface area contributed by atoms with E-state index in [9.17, 15) is 9.00 Å². The van der Waals surface area contributed by atoms with Crippen LogP contribution in [0.25, 0.3) is 0 Å². The monoisotopic (exact) mass is 150 g/mol. The van der Waals surface area contributed by atoms with E-state index < -0.39 is 11.2 Å². The second-order valence-electron chi connectivity index (χ2n) is 1.69. The first-order valence-corrected chi connectivity index (χ1v) is 3.43. The van der Waals surface area contributed by atoms with Gasteiger partial charge in [-0.05, 0) is 0 Å². The van der Waals surface area contributed by atoms with Gasteiger partial charge in [0.15, 0.2) is 11.2 Å². The maximum absolute atomic E-state index is 10.8. The molecule has 1 amide bonds. The highest BCUT2D eigenvalue weighted by Crippen LogP contribution is 1.88. The van der Waals surface area contributed by atoms with Gasteiger partial charge in [0.25, 0.3) is 0 Å². The maximum Gasteiger partial charge on any atom is 0.222 e. The van der Waals surface area contributed by atoms with Gasteiger partial charge in [0.1, 0.15) is 0 Å². The quantitative estimate of drug-likeness (QED) is 0.495. The number of hydrogen-bond donors (Lipinski definition) is 0. The first-order chi connectivity index (χ1) is 4.09. The van der Waals surface area contributed by atoms with Crippen LogP contribution in [0.2, 0.25) is 0 Å². The van der Waals surface area contributed by atoms with Crippen LogP contribution in [0.15, 0.2) is 0 Å². The molecule has 54 valence electrons. The van der Waals surface area contributed by atoms with Crippen LogP contribution in [0.3, 0.4) is 0 Å². The van der Waals surface area contributed by atoms with Crippen molar-refractivity contribution >= 4 is 17.6 Å². The molecule has 0 fully saturated rings. The summed E-state index contributed by atoms with van der Waals surface area (Å²) in [7, 11) is 4.73. The van der Waals surface area contributed by atoms with E-state index in [1.54, 1.807) is 14.1 Å². The Hall–Kier alpha value is -0.420. The number of rotatable bonds is 3. The molecular weight excluding hydrogens is 140 g/mol. The minimum absolute atomic E-state index is 0.524. The Labute approximate surface area is 57.2 Å². The Bertz CT molecular complexity index is 126. The summed E-state index contributed by atoms with van der Waals surface area (Å²) in [6.07, 6.45) is 0.524. The molecule has 0 saturated carbocycles. The molecule has 0 bridgehead atoms. The summed E-state index contributed by atoms with van der Waals surface area (Å²) in [5, 5.41) is 0. The molecule has 9 heavy (non-hydrogen) atoms. The van der Waals surface area contributed by atoms with Gasteiger partial charge in [-0.3, -0.25) is 9.10 Å². The van der Waals surface area contributed by atoms with Crippen molar-refractivity contribution in [2.24, 2.45) is 0 Å². The Morgan fingerprint density at radius 1 is 1.33 bits per heavy atom. The highest BCUT2D eigenvalue weighted by atomic mass is 32.2. The molecule has 0 aromatic rings. The highest BCUT2D eigenvalue weighted by Gasteiger charge is 2.05. The number of amides is 1.